The molecule has 1 aliphatic heterocycles. The number of fused-ring (bicyclic) bond motifs is 1. The fourth-order valence-electron chi connectivity index (χ4n) is 4.35. The van der Waals surface area contributed by atoms with Gasteiger partial charge in [-0.3, -0.25) is 14.4 Å². The van der Waals surface area contributed by atoms with Crippen molar-refractivity contribution in [2.45, 2.75) is 32.7 Å². The molecule has 0 aromatic heterocycles. The number of rotatable bonds is 4. The van der Waals surface area contributed by atoms with E-state index in [1.165, 1.54) is 5.01 Å². The van der Waals surface area contributed by atoms with E-state index in [2.05, 4.69) is 22.9 Å². The Bertz CT molecular complexity index is 977. The minimum Gasteiger partial charge on any atom is -0.272 e. The maximum Gasteiger partial charge on any atom is 0.273 e. The smallest absolute Gasteiger partial charge is 0.272 e. The molecule has 1 heterocycles. The summed E-state index contributed by atoms with van der Waals surface area (Å²) in [7, 11) is 0. The van der Waals surface area contributed by atoms with Crippen LogP contribution in [0.3, 0.4) is 0 Å². The van der Waals surface area contributed by atoms with Gasteiger partial charge in [0.2, 0.25) is 0 Å². The average molecular weight is 490 g/mol. The van der Waals surface area contributed by atoms with Gasteiger partial charge < -0.3 is 0 Å². The van der Waals surface area contributed by atoms with E-state index >= 15 is 0 Å². The van der Waals surface area contributed by atoms with Crippen molar-refractivity contribution in [1.82, 2.24) is 10.0 Å². The number of carbonyl (C=O) groups excluding carboxylic acids is 3. The zero-order valence-corrected chi connectivity index (χ0v) is 18.9. The molecular weight excluding hydrogens is 468 g/mol. The van der Waals surface area contributed by atoms with Crippen LogP contribution in [0.4, 0.5) is 0 Å². The second-order valence-electron chi connectivity index (χ2n) is 8.12. The molecule has 156 valence electrons. The van der Waals surface area contributed by atoms with E-state index in [9.17, 15) is 14.4 Å². The molecule has 1 saturated carbocycles. The lowest BCUT2D eigenvalue weighted by Crippen LogP contribution is -2.49. The number of benzene rings is 2. The van der Waals surface area contributed by atoms with Crippen molar-refractivity contribution in [2.75, 3.05) is 0 Å². The molecule has 2 fully saturated rings. The highest BCUT2D eigenvalue weighted by Gasteiger charge is 2.52. The fourth-order valence-corrected chi connectivity index (χ4v) is 4.74. The monoisotopic (exact) mass is 488 g/mol. The first-order valence-electron chi connectivity index (χ1n) is 10.0. The van der Waals surface area contributed by atoms with Crippen molar-refractivity contribution >= 4 is 45.3 Å². The number of nitrogens with zero attached hydrogens (tertiary/aromatic N) is 2. The Kier molecular flexibility index (Phi) is 5.98. The van der Waals surface area contributed by atoms with Gasteiger partial charge in [-0.25, -0.2) is 5.01 Å². The van der Waals surface area contributed by atoms with Crippen LogP contribution in [0.5, 0.6) is 0 Å². The minimum absolute atomic E-state index is 0.126. The molecule has 1 saturated heterocycles. The van der Waals surface area contributed by atoms with Crippen molar-refractivity contribution in [3.63, 3.8) is 0 Å². The van der Waals surface area contributed by atoms with Crippen LogP contribution in [0.1, 0.15) is 42.1 Å². The molecular formula is C23H22BrClN2O3. The fraction of sp³-hybridized carbons (Fsp3) is 0.348. The quantitative estimate of drug-likeness (QED) is 0.563. The van der Waals surface area contributed by atoms with E-state index in [-0.39, 0.29) is 30.2 Å². The van der Waals surface area contributed by atoms with Crippen LogP contribution in [0.25, 0.3) is 0 Å². The Hall–Kier alpha value is -2.18. The molecule has 0 bridgehead atoms. The summed E-state index contributed by atoms with van der Waals surface area (Å²) >= 11 is 9.37. The summed E-state index contributed by atoms with van der Waals surface area (Å²) in [5.41, 5.74) is 1.20. The largest absolute Gasteiger partial charge is 0.273 e. The van der Waals surface area contributed by atoms with Gasteiger partial charge in [0, 0.05) is 15.1 Å². The SMILES string of the molecule is C[C@@H]1CC[C@H]2C(=O)N(N(Cc3ccc(Br)cc3)C(=O)c3ccc(Cl)cc3)C(=O)[C@H]2C1. The lowest BCUT2D eigenvalue weighted by atomic mass is 9.76. The third kappa shape index (κ3) is 4.03. The van der Waals surface area contributed by atoms with Gasteiger partial charge in [-0.1, -0.05) is 46.6 Å². The Morgan fingerprint density at radius 2 is 1.67 bits per heavy atom. The average Bonchev–Trinajstić information content (AvgIpc) is 2.97. The molecule has 3 atom stereocenters. The first-order chi connectivity index (χ1) is 14.3. The first kappa shape index (κ1) is 21.1. The van der Waals surface area contributed by atoms with Crippen LogP contribution in [0.2, 0.25) is 5.02 Å². The Morgan fingerprint density at radius 1 is 1.03 bits per heavy atom. The molecule has 2 aromatic carbocycles. The second-order valence-corrected chi connectivity index (χ2v) is 9.47. The lowest BCUT2D eigenvalue weighted by molar-refractivity contribution is -0.155. The van der Waals surface area contributed by atoms with Crippen molar-refractivity contribution in [3.8, 4) is 0 Å². The Morgan fingerprint density at radius 3 is 2.33 bits per heavy atom. The molecule has 2 aliphatic rings. The number of hydrogen-bond donors (Lipinski definition) is 0. The molecule has 2 aromatic rings. The topological polar surface area (TPSA) is 57.7 Å². The van der Waals surface area contributed by atoms with Crippen LogP contribution in [-0.2, 0) is 16.1 Å². The summed E-state index contributed by atoms with van der Waals surface area (Å²) in [4.78, 5) is 39.9. The standard InChI is InChI=1S/C23H22BrClN2O3/c1-14-2-11-19-20(12-14)23(30)27(22(19)29)26(13-15-3-7-17(24)8-4-15)21(28)16-5-9-18(25)10-6-16/h3-10,14,19-20H,2,11-13H2,1H3/t14-,19-,20+/m1/s1. The third-order valence-corrected chi connectivity index (χ3v) is 6.76. The van der Waals surface area contributed by atoms with Crippen LogP contribution in [0.15, 0.2) is 53.0 Å². The van der Waals surface area contributed by atoms with Crippen molar-refractivity contribution < 1.29 is 14.4 Å². The highest BCUT2D eigenvalue weighted by atomic mass is 79.9. The molecule has 3 amide bonds. The number of hydrogen-bond acceptors (Lipinski definition) is 3. The van der Waals surface area contributed by atoms with E-state index in [1.807, 2.05) is 24.3 Å². The number of amides is 3. The number of carbonyl (C=O) groups is 3. The molecule has 30 heavy (non-hydrogen) atoms. The zero-order valence-electron chi connectivity index (χ0n) is 16.6. The Labute approximate surface area is 189 Å². The molecule has 0 N–H and O–H groups in total. The summed E-state index contributed by atoms with van der Waals surface area (Å²) < 4.78 is 0.912. The van der Waals surface area contributed by atoms with E-state index in [0.717, 1.165) is 21.5 Å². The van der Waals surface area contributed by atoms with Crippen LogP contribution >= 0.6 is 27.5 Å². The molecule has 4 rings (SSSR count). The summed E-state index contributed by atoms with van der Waals surface area (Å²) in [6.45, 7) is 2.23. The van der Waals surface area contributed by atoms with Gasteiger partial charge in [0.15, 0.2) is 0 Å². The molecule has 0 spiro atoms. The number of imide groups is 1. The van der Waals surface area contributed by atoms with E-state index < -0.39 is 5.91 Å². The summed E-state index contributed by atoms with van der Waals surface area (Å²) in [6.07, 6.45) is 2.30. The maximum atomic E-state index is 13.4. The van der Waals surface area contributed by atoms with Crippen molar-refractivity contribution in [3.05, 3.63) is 69.2 Å². The van der Waals surface area contributed by atoms with Gasteiger partial charge >= 0.3 is 0 Å². The summed E-state index contributed by atoms with van der Waals surface area (Å²) in [6, 6.07) is 14.0. The van der Waals surface area contributed by atoms with Crippen LogP contribution < -0.4 is 0 Å². The first-order valence-corrected chi connectivity index (χ1v) is 11.2. The minimum atomic E-state index is -0.400. The predicted molar refractivity (Wildman–Crippen MR) is 117 cm³/mol. The van der Waals surface area contributed by atoms with Crippen molar-refractivity contribution in [1.29, 1.82) is 0 Å². The van der Waals surface area contributed by atoms with Crippen LogP contribution in [0, 0.1) is 17.8 Å². The van der Waals surface area contributed by atoms with Gasteiger partial charge in [-0.05, 0) is 67.1 Å². The highest BCUT2D eigenvalue weighted by molar-refractivity contribution is 9.10. The normalized spacial score (nSPS) is 23.4. The highest BCUT2D eigenvalue weighted by Crippen LogP contribution is 2.41. The molecule has 0 unspecified atom stereocenters. The maximum absolute atomic E-state index is 13.4. The number of halogens is 2. The number of hydrazine groups is 1. The van der Waals surface area contributed by atoms with E-state index in [1.54, 1.807) is 24.3 Å². The van der Waals surface area contributed by atoms with Gasteiger partial charge in [0.1, 0.15) is 0 Å². The van der Waals surface area contributed by atoms with Crippen molar-refractivity contribution in [2.24, 2.45) is 17.8 Å². The summed E-state index contributed by atoms with van der Waals surface area (Å²) in [5, 5.41) is 2.91. The third-order valence-electron chi connectivity index (χ3n) is 5.98. The molecule has 5 nitrogen and oxygen atoms in total. The van der Waals surface area contributed by atoms with Gasteiger partial charge in [-0.2, -0.15) is 5.01 Å². The lowest BCUT2D eigenvalue weighted by Gasteiger charge is -2.30. The van der Waals surface area contributed by atoms with E-state index in [0.29, 0.717) is 29.3 Å². The van der Waals surface area contributed by atoms with Gasteiger partial charge in [0.05, 0.1) is 18.4 Å². The predicted octanol–water partition coefficient (Wildman–Crippen LogP) is 5.08. The summed E-state index contributed by atoms with van der Waals surface area (Å²) in [5.74, 6) is -1.21. The van der Waals surface area contributed by atoms with Gasteiger partial charge in [-0.15, -0.1) is 0 Å². The Balaban J connectivity index is 1.70. The molecule has 7 heteroatoms. The zero-order chi connectivity index (χ0) is 21.4. The van der Waals surface area contributed by atoms with Gasteiger partial charge in [0.25, 0.3) is 17.7 Å². The second kappa shape index (κ2) is 8.52. The van der Waals surface area contributed by atoms with E-state index in [4.69, 9.17) is 11.6 Å². The van der Waals surface area contributed by atoms with Crippen LogP contribution in [-0.4, -0.2) is 27.7 Å². The molecule has 1 aliphatic carbocycles. The molecule has 0 radical (unpaired) electrons.